The van der Waals surface area contributed by atoms with Gasteiger partial charge in [0.2, 0.25) is 11.8 Å². The number of carbonyl (C=O) groups excluding carboxylic acids is 2. The van der Waals surface area contributed by atoms with Crippen LogP contribution in [0, 0.1) is 0 Å². The summed E-state index contributed by atoms with van der Waals surface area (Å²) in [5, 5.41) is 2.78. The van der Waals surface area contributed by atoms with Gasteiger partial charge in [-0.05, 0) is 30.2 Å². The monoisotopic (exact) mass is 366 g/mol. The topological polar surface area (TPSA) is 67.9 Å². The summed E-state index contributed by atoms with van der Waals surface area (Å²) >= 11 is 0. The van der Waals surface area contributed by atoms with E-state index in [1.54, 1.807) is 43.4 Å². The molecule has 0 atom stereocenters. The first-order valence-electron chi connectivity index (χ1n) is 8.71. The summed E-state index contributed by atoms with van der Waals surface area (Å²) in [4.78, 5) is 25.7. The van der Waals surface area contributed by atoms with Crippen molar-refractivity contribution in [1.29, 1.82) is 0 Å². The lowest BCUT2D eigenvalue weighted by atomic mass is 10.2. The van der Waals surface area contributed by atoms with E-state index in [2.05, 4.69) is 5.32 Å². The number of carbonyl (C=O) groups is 2. The zero-order chi connectivity index (χ0) is 19.2. The second-order valence-corrected chi connectivity index (χ2v) is 6.16. The molecule has 27 heavy (non-hydrogen) atoms. The summed E-state index contributed by atoms with van der Waals surface area (Å²) in [7, 11) is 3.11. The van der Waals surface area contributed by atoms with E-state index in [1.807, 2.05) is 24.3 Å². The number of amides is 2. The van der Waals surface area contributed by atoms with Crippen LogP contribution in [0.4, 0.5) is 11.4 Å². The van der Waals surface area contributed by atoms with Gasteiger partial charge < -0.3 is 19.7 Å². The van der Waals surface area contributed by atoms with E-state index in [0.717, 1.165) is 24.2 Å². The van der Waals surface area contributed by atoms with Gasteiger partial charge in [0.15, 0.2) is 0 Å². The number of anilines is 2. The van der Waals surface area contributed by atoms with Crippen LogP contribution in [0.5, 0.6) is 11.5 Å². The Bertz CT molecular complexity index is 837. The van der Waals surface area contributed by atoms with Crippen LogP contribution >= 0.6 is 0 Å². The van der Waals surface area contributed by atoms with Crippen LogP contribution in [0.15, 0.2) is 48.5 Å². The fourth-order valence-electron chi connectivity index (χ4n) is 2.92. The Labute approximate surface area is 158 Å². The van der Waals surface area contributed by atoms with E-state index in [1.165, 1.54) is 6.08 Å². The van der Waals surface area contributed by atoms with Crippen molar-refractivity contribution in [2.75, 3.05) is 31.0 Å². The molecular weight excluding hydrogens is 344 g/mol. The van der Waals surface area contributed by atoms with Gasteiger partial charge in [-0.15, -0.1) is 0 Å². The second-order valence-electron chi connectivity index (χ2n) is 6.16. The summed E-state index contributed by atoms with van der Waals surface area (Å²) in [6, 6.07) is 12.7. The molecule has 1 fully saturated rings. The van der Waals surface area contributed by atoms with E-state index in [0.29, 0.717) is 23.6 Å². The molecule has 0 bridgehead atoms. The highest BCUT2D eigenvalue weighted by Gasteiger charge is 2.21. The molecule has 0 saturated carbocycles. The standard InChI is InChI=1S/C21H22N2O4/c1-26-18-12-16(13-19(14-18)27-2)22-20(24)10-7-15-5-8-17(9-6-15)23-11-3-4-21(23)25/h5-10,12-14H,3-4,11H2,1-2H3,(H,22,24)/b10-7+. The Morgan fingerprint density at radius 1 is 1.07 bits per heavy atom. The van der Waals surface area contributed by atoms with Gasteiger partial charge in [-0.2, -0.15) is 0 Å². The molecule has 0 radical (unpaired) electrons. The predicted octanol–water partition coefficient (Wildman–Crippen LogP) is 3.48. The summed E-state index contributed by atoms with van der Waals surface area (Å²) in [5.41, 5.74) is 2.36. The number of ether oxygens (including phenoxy) is 2. The van der Waals surface area contributed by atoms with Crippen molar-refractivity contribution in [3.05, 3.63) is 54.1 Å². The third-order valence-corrected chi connectivity index (χ3v) is 4.32. The van der Waals surface area contributed by atoms with Gasteiger partial charge in [0.05, 0.1) is 14.2 Å². The molecule has 0 unspecified atom stereocenters. The van der Waals surface area contributed by atoms with Gasteiger partial charge >= 0.3 is 0 Å². The normalized spacial score (nSPS) is 13.9. The minimum Gasteiger partial charge on any atom is -0.497 e. The molecule has 1 heterocycles. The highest BCUT2D eigenvalue weighted by molar-refractivity contribution is 6.02. The minimum atomic E-state index is -0.260. The highest BCUT2D eigenvalue weighted by Crippen LogP contribution is 2.26. The van der Waals surface area contributed by atoms with Gasteiger partial charge in [-0.25, -0.2) is 0 Å². The van der Waals surface area contributed by atoms with Crippen molar-refractivity contribution in [1.82, 2.24) is 0 Å². The van der Waals surface area contributed by atoms with E-state index in [9.17, 15) is 9.59 Å². The van der Waals surface area contributed by atoms with Crippen molar-refractivity contribution in [3.63, 3.8) is 0 Å². The average molecular weight is 366 g/mol. The van der Waals surface area contributed by atoms with Crippen LogP contribution in [0.1, 0.15) is 18.4 Å². The van der Waals surface area contributed by atoms with Crippen molar-refractivity contribution in [2.24, 2.45) is 0 Å². The molecule has 140 valence electrons. The van der Waals surface area contributed by atoms with Crippen LogP contribution in [-0.4, -0.2) is 32.6 Å². The number of methoxy groups -OCH3 is 2. The molecule has 6 nitrogen and oxygen atoms in total. The van der Waals surface area contributed by atoms with Gasteiger partial charge in [-0.1, -0.05) is 12.1 Å². The van der Waals surface area contributed by atoms with Crippen LogP contribution < -0.4 is 19.7 Å². The van der Waals surface area contributed by atoms with Crippen molar-refractivity contribution >= 4 is 29.3 Å². The Morgan fingerprint density at radius 3 is 2.30 bits per heavy atom. The lowest BCUT2D eigenvalue weighted by molar-refractivity contribution is -0.117. The molecule has 1 N–H and O–H groups in total. The maximum Gasteiger partial charge on any atom is 0.248 e. The van der Waals surface area contributed by atoms with Gasteiger partial charge in [-0.3, -0.25) is 9.59 Å². The summed E-state index contributed by atoms with van der Waals surface area (Å²) in [6.45, 7) is 0.764. The molecule has 2 amide bonds. The van der Waals surface area contributed by atoms with E-state index >= 15 is 0 Å². The predicted molar refractivity (Wildman–Crippen MR) is 105 cm³/mol. The fraction of sp³-hybridized carbons (Fsp3) is 0.238. The smallest absolute Gasteiger partial charge is 0.248 e. The number of hydrogen-bond acceptors (Lipinski definition) is 4. The summed E-state index contributed by atoms with van der Waals surface area (Å²) < 4.78 is 10.4. The fourth-order valence-corrected chi connectivity index (χ4v) is 2.92. The Balaban J connectivity index is 1.64. The highest BCUT2D eigenvalue weighted by atomic mass is 16.5. The van der Waals surface area contributed by atoms with Gasteiger partial charge in [0.25, 0.3) is 0 Å². The number of benzene rings is 2. The lowest BCUT2D eigenvalue weighted by Crippen LogP contribution is -2.23. The third kappa shape index (κ3) is 4.67. The van der Waals surface area contributed by atoms with Crippen LogP contribution in [0.3, 0.4) is 0 Å². The van der Waals surface area contributed by atoms with E-state index in [4.69, 9.17) is 9.47 Å². The molecular formula is C21H22N2O4. The van der Waals surface area contributed by atoms with Crippen molar-refractivity contribution < 1.29 is 19.1 Å². The Hall–Kier alpha value is -3.28. The van der Waals surface area contributed by atoms with Gasteiger partial charge in [0, 0.05) is 48.6 Å². The maximum absolute atomic E-state index is 12.2. The number of nitrogens with one attached hydrogen (secondary N) is 1. The zero-order valence-electron chi connectivity index (χ0n) is 15.4. The van der Waals surface area contributed by atoms with E-state index < -0.39 is 0 Å². The lowest BCUT2D eigenvalue weighted by Gasteiger charge is -2.15. The third-order valence-electron chi connectivity index (χ3n) is 4.32. The molecule has 0 aliphatic carbocycles. The Morgan fingerprint density at radius 2 is 1.74 bits per heavy atom. The minimum absolute atomic E-state index is 0.159. The summed E-state index contributed by atoms with van der Waals surface area (Å²) in [5.74, 6) is 1.09. The zero-order valence-corrected chi connectivity index (χ0v) is 15.4. The van der Waals surface area contributed by atoms with Crippen LogP contribution in [-0.2, 0) is 9.59 Å². The van der Waals surface area contributed by atoms with Gasteiger partial charge in [0.1, 0.15) is 11.5 Å². The molecule has 3 rings (SSSR count). The second kappa shape index (κ2) is 8.40. The van der Waals surface area contributed by atoms with Crippen LogP contribution in [0.2, 0.25) is 0 Å². The molecule has 0 spiro atoms. The Kier molecular flexibility index (Phi) is 5.76. The average Bonchev–Trinajstić information content (AvgIpc) is 3.12. The van der Waals surface area contributed by atoms with Crippen molar-refractivity contribution in [2.45, 2.75) is 12.8 Å². The largest absolute Gasteiger partial charge is 0.497 e. The molecule has 1 saturated heterocycles. The molecule has 2 aromatic carbocycles. The first-order valence-corrected chi connectivity index (χ1v) is 8.71. The van der Waals surface area contributed by atoms with Crippen LogP contribution in [0.25, 0.3) is 6.08 Å². The number of hydrogen-bond donors (Lipinski definition) is 1. The molecule has 6 heteroatoms. The number of nitrogens with zero attached hydrogens (tertiary/aromatic N) is 1. The quantitative estimate of drug-likeness (QED) is 0.795. The molecule has 1 aliphatic rings. The SMILES string of the molecule is COc1cc(NC(=O)/C=C/c2ccc(N3CCCC3=O)cc2)cc(OC)c1. The summed E-state index contributed by atoms with van der Waals surface area (Å²) in [6.07, 6.45) is 4.69. The molecule has 0 aromatic heterocycles. The maximum atomic E-state index is 12.2. The number of rotatable bonds is 6. The first kappa shape index (κ1) is 18.5. The first-order chi connectivity index (χ1) is 13.1. The molecule has 2 aromatic rings. The van der Waals surface area contributed by atoms with Crippen molar-refractivity contribution in [3.8, 4) is 11.5 Å². The molecule has 1 aliphatic heterocycles. The van der Waals surface area contributed by atoms with E-state index in [-0.39, 0.29) is 11.8 Å².